The fourth-order valence-corrected chi connectivity index (χ4v) is 4.41. The van der Waals surface area contributed by atoms with Crippen LogP contribution in [0.1, 0.15) is 13.3 Å². The molecule has 1 aromatic rings. The Kier molecular flexibility index (Phi) is 3.18. The first kappa shape index (κ1) is 15.1. The van der Waals surface area contributed by atoms with E-state index in [0.29, 0.717) is 6.42 Å². The molecule has 0 radical (unpaired) electrons. The molecule has 5 atom stereocenters. The first-order valence-electron chi connectivity index (χ1n) is 8.08. The number of hydrogen-bond acceptors (Lipinski definition) is 3. The van der Waals surface area contributed by atoms with E-state index in [1.54, 1.807) is 11.0 Å². The number of carboxylic acid groups (broad SMARTS) is 1. The predicted octanol–water partition coefficient (Wildman–Crippen LogP) is 2.39. The summed E-state index contributed by atoms with van der Waals surface area (Å²) in [5.41, 5.74) is 0.824. The highest BCUT2D eigenvalue weighted by atomic mass is 16.5. The molecule has 5 nitrogen and oxygen atoms in total. The van der Waals surface area contributed by atoms with Crippen molar-refractivity contribution in [2.75, 3.05) is 4.90 Å². The molecule has 0 unspecified atom stereocenters. The first-order valence-corrected chi connectivity index (χ1v) is 8.08. The monoisotopic (exact) mass is 325 g/mol. The van der Waals surface area contributed by atoms with Gasteiger partial charge in [-0.15, -0.1) is 6.58 Å². The van der Waals surface area contributed by atoms with Gasteiger partial charge in [0.05, 0.1) is 18.1 Å². The minimum Gasteiger partial charge on any atom is -0.481 e. The van der Waals surface area contributed by atoms with Gasteiger partial charge in [0, 0.05) is 5.69 Å². The first-order chi connectivity index (χ1) is 11.5. The topological polar surface area (TPSA) is 66.8 Å². The zero-order valence-corrected chi connectivity index (χ0v) is 13.4. The lowest BCUT2D eigenvalue weighted by molar-refractivity contribution is -0.146. The van der Waals surface area contributed by atoms with Crippen LogP contribution in [0.2, 0.25) is 0 Å². The second kappa shape index (κ2) is 5.05. The molecule has 3 aliphatic heterocycles. The van der Waals surface area contributed by atoms with Gasteiger partial charge >= 0.3 is 5.97 Å². The van der Waals surface area contributed by atoms with Crippen LogP contribution in [0.25, 0.3) is 0 Å². The highest BCUT2D eigenvalue weighted by Crippen LogP contribution is 2.56. The van der Waals surface area contributed by atoms with Crippen LogP contribution in [0.3, 0.4) is 0 Å². The summed E-state index contributed by atoms with van der Waals surface area (Å²) in [5.74, 6) is -2.67. The minimum absolute atomic E-state index is 0.174. The number of hydrogen-bond donors (Lipinski definition) is 1. The molecule has 2 bridgehead atoms. The summed E-state index contributed by atoms with van der Waals surface area (Å²) in [6, 6.07) is 9.09. The van der Waals surface area contributed by atoms with Gasteiger partial charge in [0.1, 0.15) is 11.5 Å². The number of fused-ring (bicyclic) bond motifs is 1. The summed E-state index contributed by atoms with van der Waals surface area (Å²) in [4.78, 5) is 26.7. The lowest BCUT2D eigenvalue weighted by Gasteiger charge is -2.33. The van der Waals surface area contributed by atoms with E-state index in [1.165, 1.54) is 0 Å². The number of para-hydroxylation sites is 1. The maximum atomic E-state index is 13.2. The zero-order valence-electron chi connectivity index (χ0n) is 13.4. The molecule has 2 saturated heterocycles. The molecule has 2 fully saturated rings. The molecule has 3 heterocycles. The highest BCUT2D eigenvalue weighted by Gasteiger charge is 2.71. The third kappa shape index (κ3) is 1.85. The van der Waals surface area contributed by atoms with E-state index in [9.17, 15) is 14.7 Å². The number of nitrogens with zero attached hydrogens (tertiary/aromatic N) is 1. The summed E-state index contributed by atoms with van der Waals surface area (Å²) >= 11 is 0. The fourth-order valence-electron chi connectivity index (χ4n) is 4.41. The van der Waals surface area contributed by atoms with Crippen molar-refractivity contribution in [1.82, 2.24) is 0 Å². The van der Waals surface area contributed by atoms with Crippen LogP contribution in [-0.4, -0.2) is 34.7 Å². The van der Waals surface area contributed by atoms with Crippen LogP contribution in [0.15, 0.2) is 54.6 Å². The number of carbonyl (C=O) groups is 2. The number of aliphatic carboxylic acids is 1. The number of carbonyl (C=O) groups excluding carboxylic acids is 1. The van der Waals surface area contributed by atoms with Crippen molar-refractivity contribution in [1.29, 1.82) is 0 Å². The Morgan fingerprint density at radius 3 is 2.71 bits per heavy atom. The van der Waals surface area contributed by atoms with Gasteiger partial charge in [0.2, 0.25) is 5.91 Å². The molecule has 1 N–H and O–H groups in total. The normalized spacial score (nSPS) is 36.2. The average Bonchev–Trinajstić information content (AvgIpc) is 3.17. The van der Waals surface area contributed by atoms with Crippen molar-refractivity contribution in [2.45, 2.75) is 31.1 Å². The van der Waals surface area contributed by atoms with Gasteiger partial charge in [-0.25, -0.2) is 0 Å². The van der Waals surface area contributed by atoms with E-state index in [0.717, 1.165) is 11.3 Å². The number of ether oxygens (including phenoxy) is 1. The maximum absolute atomic E-state index is 13.2. The molecule has 4 rings (SSSR count). The van der Waals surface area contributed by atoms with Crippen LogP contribution < -0.4 is 4.90 Å². The summed E-state index contributed by atoms with van der Waals surface area (Å²) < 4.78 is 6.10. The molecule has 1 aromatic carbocycles. The lowest BCUT2D eigenvalue weighted by Crippen LogP contribution is -2.45. The Labute approximate surface area is 140 Å². The number of amides is 1. The molecule has 0 aliphatic carbocycles. The van der Waals surface area contributed by atoms with E-state index < -0.39 is 29.5 Å². The van der Waals surface area contributed by atoms with Gasteiger partial charge in [-0.05, 0) is 25.5 Å². The summed E-state index contributed by atoms with van der Waals surface area (Å²) in [7, 11) is 0. The largest absolute Gasteiger partial charge is 0.481 e. The van der Waals surface area contributed by atoms with Crippen molar-refractivity contribution >= 4 is 17.6 Å². The highest BCUT2D eigenvalue weighted by molar-refractivity contribution is 6.03. The second-order valence-corrected chi connectivity index (χ2v) is 6.86. The zero-order chi connectivity index (χ0) is 17.1. The van der Waals surface area contributed by atoms with E-state index in [-0.39, 0.29) is 11.9 Å². The van der Waals surface area contributed by atoms with Crippen molar-refractivity contribution in [3.63, 3.8) is 0 Å². The van der Waals surface area contributed by atoms with E-state index in [2.05, 4.69) is 6.58 Å². The van der Waals surface area contributed by atoms with Gasteiger partial charge in [-0.2, -0.15) is 0 Å². The number of benzene rings is 1. The Bertz CT molecular complexity index is 756. The maximum Gasteiger partial charge on any atom is 0.310 e. The number of rotatable bonds is 4. The molecule has 5 heteroatoms. The Morgan fingerprint density at radius 1 is 1.38 bits per heavy atom. The molecular formula is C19H19NO4. The minimum atomic E-state index is -0.978. The SMILES string of the molecule is C=C(C)C[C@H]1N(c2ccccc2)C(=O)[C@@H]2[C@@H](C(=O)O)[C@H]3C=C[C@]21O3. The number of carboxylic acids is 1. The molecule has 1 spiro atoms. The smallest absolute Gasteiger partial charge is 0.310 e. The van der Waals surface area contributed by atoms with Crippen molar-refractivity contribution in [3.8, 4) is 0 Å². The van der Waals surface area contributed by atoms with Crippen LogP contribution in [0.4, 0.5) is 5.69 Å². The third-order valence-electron chi connectivity index (χ3n) is 5.28. The average molecular weight is 325 g/mol. The van der Waals surface area contributed by atoms with Gasteiger partial charge in [-0.1, -0.05) is 35.9 Å². The second-order valence-electron chi connectivity index (χ2n) is 6.86. The van der Waals surface area contributed by atoms with Crippen molar-refractivity contribution in [2.24, 2.45) is 11.8 Å². The summed E-state index contributed by atoms with van der Waals surface area (Å²) in [6.07, 6.45) is 3.74. The molecule has 24 heavy (non-hydrogen) atoms. The van der Waals surface area contributed by atoms with Crippen molar-refractivity contribution < 1.29 is 19.4 Å². The Morgan fingerprint density at radius 2 is 2.08 bits per heavy atom. The van der Waals surface area contributed by atoms with Crippen LogP contribution in [0, 0.1) is 11.8 Å². The number of anilines is 1. The van der Waals surface area contributed by atoms with Gasteiger partial charge in [0.15, 0.2) is 0 Å². The van der Waals surface area contributed by atoms with Crippen LogP contribution in [0.5, 0.6) is 0 Å². The lowest BCUT2D eigenvalue weighted by atomic mass is 9.74. The Hall–Kier alpha value is -2.40. The van der Waals surface area contributed by atoms with Crippen LogP contribution in [-0.2, 0) is 14.3 Å². The molecule has 3 aliphatic rings. The Balaban J connectivity index is 1.85. The summed E-state index contributed by atoms with van der Waals surface area (Å²) in [5, 5.41) is 9.62. The third-order valence-corrected chi connectivity index (χ3v) is 5.28. The fraction of sp³-hybridized carbons (Fsp3) is 0.368. The molecule has 1 amide bonds. The van der Waals surface area contributed by atoms with E-state index in [4.69, 9.17) is 4.74 Å². The molecular weight excluding hydrogens is 306 g/mol. The van der Waals surface area contributed by atoms with E-state index >= 15 is 0 Å². The van der Waals surface area contributed by atoms with E-state index in [1.807, 2.05) is 43.3 Å². The molecule has 0 aromatic heterocycles. The summed E-state index contributed by atoms with van der Waals surface area (Å²) in [6.45, 7) is 5.90. The van der Waals surface area contributed by atoms with Gasteiger partial charge < -0.3 is 14.7 Å². The van der Waals surface area contributed by atoms with Gasteiger partial charge in [-0.3, -0.25) is 9.59 Å². The standard InChI is InChI=1S/C19H19NO4/c1-11(2)10-14-19-9-8-13(24-19)15(18(22)23)16(19)17(21)20(14)12-6-4-3-5-7-12/h3-9,13-16H,1,10H2,2H3,(H,22,23)/t13-,14-,15+,16+,19-/m1/s1. The van der Waals surface area contributed by atoms with Crippen LogP contribution >= 0.6 is 0 Å². The van der Waals surface area contributed by atoms with Gasteiger partial charge in [0.25, 0.3) is 0 Å². The van der Waals surface area contributed by atoms with Crippen molar-refractivity contribution in [3.05, 3.63) is 54.6 Å². The molecule has 124 valence electrons. The quantitative estimate of drug-likeness (QED) is 0.863. The predicted molar refractivity (Wildman–Crippen MR) is 88.5 cm³/mol. The molecule has 0 saturated carbocycles.